The van der Waals surface area contributed by atoms with Gasteiger partial charge in [-0.25, -0.2) is 8.42 Å². The maximum Gasteiger partial charge on any atom is 0.471 e. The summed E-state index contributed by atoms with van der Waals surface area (Å²) in [5.41, 5.74) is 2.18. The lowest BCUT2D eigenvalue weighted by Crippen LogP contribution is -2.40. The molecule has 1 fully saturated rings. The number of sulfonamides is 1. The zero-order valence-corrected chi connectivity index (χ0v) is 20.5. The Morgan fingerprint density at radius 1 is 0.892 bits per heavy atom. The first kappa shape index (κ1) is 25.0. The third kappa shape index (κ3) is 5.24. The van der Waals surface area contributed by atoms with Crippen LogP contribution in [-0.2, 0) is 21.2 Å². The van der Waals surface area contributed by atoms with E-state index in [1.165, 1.54) is 24.6 Å². The number of aromatic nitrogens is 2. The minimum absolute atomic E-state index is 0.0676. The SMILES string of the molecule is O=C(N1CCc2cc(S(=O)(=O)Nc3ccc(-c4ccc(N5CCCCC5)nn4)cc3)ccc21)C(F)(F)F. The molecular formula is C25H24F3N5O3S. The second-order valence-corrected chi connectivity index (χ2v) is 10.7. The molecule has 5 rings (SSSR count). The highest BCUT2D eigenvalue weighted by Crippen LogP contribution is 2.34. The molecule has 1 amide bonds. The summed E-state index contributed by atoms with van der Waals surface area (Å²) in [6, 6.07) is 14.2. The fourth-order valence-corrected chi connectivity index (χ4v) is 5.71. The maximum absolute atomic E-state index is 12.9. The zero-order valence-electron chi connectivity index (χ0n) is 19.7. The van der Waals surface area contributed by atoms with Gasteiger partial charge in [-0.15, -0.1) is 10.2 Å². The number of hydrogen-bond donors (Lipinski definition) is 1. The number of fused-ring (bicyclic) bond motifs is 1. The molecule has 1 aromatic heterocycles. The van der Waals surface area contributed by atoms with Crippen LogP contribution in [0.5, 0.6) is 0 Å². The van der Waals surface area contributed by atoms with Crippen molar-refractivity contribution in [2.24, 2.45) is 0 Å². The average molecular weight is 532 g/mol. The molecule has 8 nitrogen and oxygen atoms in total. The van der Waals surface area contributed by atoms with Gasteiger partial charge in [0.15, 0.2) is 5.82 Å². The van der Waals surface area contributed by atoms with E-state index >= 15 is 0 Å². The van der Waals surface area contributed by atoms with Crippen LogP contribution in [0.25, 0.3) is 11.3 Å². The molecule has 1 N–H and O–H groups in total. The van der Waals surface area contributed by atoms with Gasteiger partial charge in [0.25, 0.3) is 10.0 Å². The van der Waals surface area contributed by atoms with E-state index in [0.717, 1.165) is 37.3 Å². The number of carbonyl (C=O) groups excluding carboxylic acids is 1. The minimum Gasteiger partial charge on any atom is -0.355 e. The quantitative estimate of drug-likeness (QED) is 0.525. The lowest BCUT2D eigenvalue weighted by molar-refractivity contribution is -0.170. The van der Waals surface area contributed by atoms with Gasteiger partial charge >= 0.3 is 12.1 Å². The summed E-state index contributed by atoms with van der Waals surface area (Å²) < 4.78 is 66.8. The Kier molecular flexibility index (Phi) is 6.52. The van der Waals surface area contributed by atoms with Gasteiger partial charge in [0.2, 0.25) is 0 Å². The number of benzene rings is 2. The van der Waals surface area contributed by atoms with Crippen LogP contribution in [0.1, 0.15) is 24.8 Å². The van der Waals surface area contributed by atoms with E-state index in [1.54, 1.807) is 24.3 Å². The molecule has 0 radical (unpaired) electrons. The fourth-order valence-electron chi connectivity index (χ4n) is 4.60. The van der Waals surface area contributed by atoms with Crippen molar-refractivity contribution < 1.29 is 26.4 Å². The fraction of sp³-hybridized carbons (Fsp3) is 0.320. The predicted octanol–water partition coefficient (Wildman–Crippen LogP) is 4.39. The summed E-state index contributed by atoms with van der Waals surface area (Å²) in [7, 11) is -4.01. The number of piperidine rings is 1. The minimum atomic E-state index is -5.00. The molecule has 2 aliphatic rings. The van der Waals surface area contributed by atoms with Crippen LogP contribution in [0, 0.1) is 0 Å². The molecule has 2 aliphatic heterocycles. The standard InChI is InChI=1S/C25H24F3N5O3S/c26-25(27,28)24(34)33-15-12-18-16-20(8-10-22(18)33)37(35,36)31-19-6-4-17(5-7-19)21-9-11-23(30-29-21)32-13-2-1-3-14-32/h4-11,16,31H,1-3,12-15H2. The predicted molar refractivity (Wildman–Crippen MR) is 133 cm³/mol. The highest BCUT2D eigenvalue weighted by Gasteiger charge is 2.44. The average Bonchev–Trinajstić information content (AvgIpc) is 3.32. The first-order valence-corrected chi connectivity index (χ1v) is 13.3. The topological polar surface area (TPSA) is 95.5 Å². The number of halogens is 3. The largest absolute Gasteiger partial charge is 0.471 e. The number of anilines is 3. The lowest BCUT2D eigenvalue weighted by Gasteiger charge is -2.27. The summed E-state index contributed by atoms with van der Waals surface area (Å²) in [5, 5.41) is 8.65. The second kappa shape index (κ2) is 9.66. The number of nitrogens with zero attached hydrogens (tertiary/aromatic N) is 4. The first-order chi connectivity index (χ1) is 17.6. The van der Waals surface area contributed by atoms with Crippen molar-refractivity contribution in [2.75, 3.05) is 34.2 Å². The van der Waals surface area contributed by atoms with E-state index in [-0.39, 0.29) is 23.5 Å². The number of alkyl halides is 3. The van der Waals surface area contributed by atoms with E-state index in [9.17, 15) is 26.4 Å². The second-order valence-electron chi connectivity index (χ2n) is 9.00. The molecule has 1 saturated heterocycles. The van der Waals surface area contributed by atoms with Gasteiger partial charge in [0.1, 0.15) is 0 Å². The Balaban J connectivity index is 1.28. The van der Waals surface area contributed by atoms with Gasteiger partial charge in [0.05, 0.1) is 10.6 Å². The summed E-state index contributed by atoms with van der Waals surface area (Å²) >= 11 is 0. The Hall–Kier alpha value is -3.67. The van der Waals surface area contributed by atoms with Gasteiger partial charge in [-0.3, -0.25) is 9.52 Å². The number of hydrogen-bond acceptors (Lipinski definition) is 6. The van der Waals surface area contributed by atoms with Crippen LogP contribution in [0.4, 0.5) is 30.4 Å². The van der Waals surface area contributed by atoms with Crippen molar-refractivity contribution in [1.82, 2.24) is 10.2 Å². The monoisotopic (exact) mass is 531 g/mol. The molecular weight excluding hydrogens is 507 g/mol. The highest BCUT2D eigenvalue weighted by molar-refractivity contribution is 7.92. The molecule has 0 atom stereocenters. The third-order valence-electron chi connectivity index (χ3n) is 6.51. The van der Waals surface area contributed by atoms with Crippen LogP contribution in [-0.4, -0.2) is 50.3 Å². The molecule has 3 aromatic rings. The zero-order chi connectivity index (χ0) is 26.2. The van der Waals surface area contributed by atoms with Gasteiger partial charge in [-0.2, -0.15) is 13.2 Å². The van der Waals surface area contributed by atoms with Crippen LogP contribution in [0.15, 0.2) is 59.5 Å². The van der Waals surface area contributed by atoms with E-state index in [4.69, 9.17) is 0 Å². The van der Waals surface area contributed by atoms with Crippen LogP contribution in [0.3, 0.4) is 0 Å². The van der Waals surface area contributed by atoms with Gasteiger partial charge in [-0.1, -0.05) is 12.1 Å². The van der Waals surface area contributed by atoms with Gasteiger partial charge in [-0.05, 0) is 73.7 Å². The number of rotatable bonds is 5. The van der Waals surface area contributed by atoms with E-state index in [0.29, 0.717) is 21.8 Å². The van der Waals surface area contributed by atoms with Crippen molar-refractivity contribution in [1.29, 1.82) is 0 Å². The lowest BCUT2D eigenvalue weighted by atomic mass is 10.1. The smallest absolute Gasteiger partial charge is 0.355 e. The van der Waals surface area contributed by atoms with Crippen molar-refractivity contribution >= 4 is 33.1 Å². The maximum atomic E-state index is 12.9. The summed E-state index contributed by atoms with van der Waals surface area (Å²) in [6.07, 6.45) is -1.36. The molecule has 194 valence electrons. The van der Waals surface area contributed by atoms with E-state index < -0.39 is 22.1 Å². The Bertz CT molecular complexity index is 1400. The molecule has 12 heteroatoms. The Morgan fingerprint density at radius 2 is 1.62 bits per heavy atom. The van der Waals surface area contributed by atoms with Crippen molar-refractivity contribution in [2.45, 2.75) is 36.8 Å². The van der Waals surface area contributed by atoms with Crippen LogP contribution < -0.4 is 14.5 Å². The molecule has 0 aliphatic carbocycles. The number of amides is 1. The Morgan fingerprint density at radius 3 is 2.27 bits per heavy atom. The third-order valence-corrected chi connectivity index (χ3v) is 7.89. The van der Waals surface area contributed by atoms with Crippen molar-refractivity contribution in [3.63, 3.8) is 0 Å². The molecule has 0 spiro atoms. The molecule has 2 aromatic carbocycles. The molecule has 37 heavy (non-hydrogen) atoms. The highest BCUT2D eigenvalue weighted by atomic mass is 32.2. The Labute approximate surface area is 212 Å². The van der Waals surface area contributed by atoms with E-state index in [2.05, 4.69) is 19.8 Å². The van der Waals surface area contributed by atoms with Gasteiger partial charge in [0, 0.05) is 36.6 Å². The number of carbonyl (C=O) groups is 1. The molecule has 0 saturated carbocycles. The molecule has 3 heterocycles. The normalized spacial score (nSPS) is 16.0. The number of nitrogens with one attached hydrogen (secondary N) is 1. The van der Waals surface area contributed by atoms with Gasteiger partial charge < -0.3 is 9.80 Å². The van der Waals surface area contributed by atoms with Crippen molar-refractivity contribution in [3.05, 3.63) is 60.2 Å². The first-order valence-electron chi connectivity index (χ1n) is 11.9. The molecule has 0 bridgehead atoms. The van der Waals surface area contributed by atoms with Crippen molar-refractivity contribution in [3.8, 4) is 11.3 Å². The summed E-state index contributed by atoms with van der Waals surface area (Å²) in [5.74, 6) is -1.13. The summed E-state index contributed by atoms with van der Waals surface area (Å²) in [6.45, 7) is 1.78. The molecule has 0 unspecified atom stereocenters. The van der Waals surface area contributed by atoms with E-state index in [1.807, 2.05) is 12.1 Å². The summed E-state index contributed by atoms with van der Waals surface area (Å²) in [4.78, 5) is 14.4. The van der Waals surface area contributed by atoms with Crippen LogP contribution in [0.2, 0.25) is 0 Å². The van der Waals surface area contributed by atoms with Crippen LogP contribution >= 0.6 is 0 Å².